The van der Waals surface area contributed by atoms with Crippen LogP contribution in [0.5, 0.6) is 0 Å². The summed E-state index contributed by atoms with van der Waals surface area (Å²) >= 11 is 0. The van der Waals surface area contributed by atoms with Crippen LogP contribution in [0.25, 0.3) is 0 Å². The lowest BCUT2D eigenvalue weighted by atomic mass is 9.95. The summed E-state index contributed by atoms with van der Waals surface area (Å²) < 4.78 is 0. The number of carbonyl (C=O) groups excluding carboxylic acids is 2. The Labute approximate surface area is 153 Å². The van der Waals surface area contributed by atoms with Crippen LogP contribution in [0.1, 0.15) is 34.7 Å². The molecule has 2 amide bonds. The van der Waals surface area contributed by atoms with Gasteiger partial charge in [-0.3, -0.25) is 9.59 Å². The van der Waals surface area contributed by atoms with Crippen molar-refractivity contribution in [3.8, 4) is 0 Å². The molecule has 0 bridgehead atoms. The average molecular weight is 349 g/mol. The van der Waals surface area contributed by atoms with E-state index >= 15 is 0 Å². The predicted molar refractivity (Wildman–Crippen MR) is 101 cm³/mol. The van der Waals surface area contributed by atoms with E-state index in [-0.39, 0.29) is 29.7 Å². The second-order valence-corrected chi connectivity index (χ2v) is 7.24. The quantitative estimate of drug-likeness (QED) is 0.891. The number of hydrogen-bond acceptors (Lipinski definition) is 3. The van der Waals surface area contributed by atoms with Gasteiger partial charge in [-0.1, -0.05) is 36.4 Å². The SMILES string of the molecule is N[C@@H]1CN(C(=O)c2cccc(NC(=O)C3CC3)c2)C[C@H]1c1ccccc1. The highest BCUT2D eigenvalue weighted by molar-refractivity contribution is 5.98. The summed E-state index contributed by atoms with van der Waals surface area (Å²) in [5.41, 5.74) is 8.73. The largest absolute Gasteiger partial charge is 0.336 e. The number of rotatable bonds is 4. The topological polar surface area (TPSA) is 75.4 Å². The van der Waals surface area contributed by atoms with Gasteiger partial charge < -0.3 is 16.0 Å². The van der Waals surface area contributed by atoms with Crippen LogP contribution in [0.4, 0.5) is 5.69 Å². The molecule has 3 N–H and O–H groups in total. The van der Waals surface area contributed by atoms with Gasteiger partial charge in [0, 0.05) is 42.2 Å². The highest BCUT2D eigenvalue weighted by Gasteiger charge is 2.34. The fraction of sp³-hybridized carbons (Fsp3) is 0.333. The highest BCUT2D eigenvalue weighted by atomic mass is 16.2. The number of benzene rings is 2. The lowest BCUT2D eigenvalue weighted by molar-refractivity contribution is -0.117. The van der Waals surface area contributed by atoms with E-state index in [1.54, 1.807) is 18.2 Å². The molecule has 1 saturated heterocycles. The van der Waals surface area contributed by atoms with Crippen LogP contribution in [0, 0.1) is 5.92 Å². The van der Waals surface area contributed by atoms with Gasteiger partial charge in [0.1, 0.15) is 0 Å². The van der Waals surface area contributed by atoms with Crippen molar-refractivity contribution in [2.24, 2.45) is 11.7 Å². The first-order valence-corrected chi connectivity index (χ1v) is 9.12. The van der Waals surface area contributed by atoms with Crippen molar-refractivity contribution in [2.45, 2.75) is 24.8 Å². The number of anilines is 1. The first kappa shape index (κ1) is 16.8. The zero-order valence-corrected chi connectivity index (χ0v) is 14.6. The standard InChI is InChI=1S/C21H23N3O2/c22-19-13-24(12-18(19)14-5-2-1-3-6-14)21(26)16-7-4-8-17(11-16)23-20(25)15-9-10-15/h1-8,11,15,18-19H,9-10,12-13,22H2,(H,23,25)/t18-,19+/m0/s1. The van der Waals surface area contributed by atoms with Gasteiger partial charge in [0.15, 0.2) is 0 Å². The number of nitrogens with zero attached hydrogens (tertiary/aromatic N) is 1. The Morgan fingerprint density at radius 1 is 1.00 bits per heavy atom. The molecule has 26 heavy (non-hydrogen) atoms. The Morgan fingerprint density at radius 3 is 2.50 bits per heavy atom. The van der Waals surface area contributed by atoms with E-state index in [1.807, 2.05) is 29.2 Å². The van der Waals surface area contributed by atoms with Crippen molar-refractivity contribution in [3.63, 3.8) is 0 Å². The molecule has 4 rings (SSSR count). The minimum atomic E-state index is -0.0703. The van der Waals surface area contributed by atoms with Gasteiger partial charge in [-0.05, 0) is 36.6 Å². The van der Waals surface area contributed by atoms with Crippen LogP contribution in [0.2, 0.25) is 0 Å². The minimum Gasteiger partial charge on any atom is -0.336 e. The van der Waals surface area contributed by atoms with Gasteiger partial charge in [-0.2, -0.15) is 0 Å². The van der Waals surface area contributed by atoms with Crippen LogP contribution in [0.15, 0.2) is 54.6 Å². The summed E-state index contributed by atoms with van der Waals surface area (Å²) in [6.07, 6.45) is 1.91. The summed E-state index contributed by atoms with van der Waals surface area (Å²) in [6, 6.07) is 17.2. The molecular weight excluding hydrogens is 326 g/mol. The molecular formula is C21H23N3O2. The Balaban J connectivity index is 1.46. The molecule has 5 nitrogen and oxygen atoms in total. The highest BCUT2D eigenvalue weighted by Crippen LogP contribution is 2.31. The first-order chi connectivity index (χ1) is 12.6. The van der Waals surface area contributed by atoms with E-state index in [1.165, 1.54) is 5.56 Å². The summed E-state index contributed by atoms with van der Waals surface area (Å²) in [4.78, 5) is 26.7. The molecule has 0 aromatic heterocycles. The van der Waals surface area contributed by atoms with Crippen LogP contribution in [-0.2, 0) is 4.79 Å². The minimum absolute atomic E-state index is 0.0404. The molecule has 1 aliphatic carbocycles. The van der Waals surface area contributed by atoms with Crippen molar-refractivity contribution in [1.82, 2.24) is 4.90 Å². The second-order valence-electron chi connectivity index (χ2n) is 7.24. The van der Waals surface area contributed by atoms with Crippen LogP contribution in [-0.4, -0.2) is 35.8 Å². The molecule has 2 aliphatic rings. The van der Waals surface area contributed by atoms with Gasteiger partial charge in [-0.25, -0.2) is 0 Å². The van der Waals surface area contributed by atoms with Crippen molar-refractivity contribution in [3.05, 3.63) is 65.7 Å². The van der Waals surface area contributed by atoms with E-state index < -0.39 is 0 Å². The van der Waals surface area contributed by atoms with E-state index in [9.17, 15) is 9.59 Å². The molecule has 1 heterocycles. The van der Waals surface area contributed by atoms with E-state index in [0.29, 0.717) is 24.3 Å². The molecule has 0 radical (unpaired) electrons. The maximum atomic E-state index is 12.9. The molecule has 0 spiro atoms. The maximum Gasteiger partial charge on any atom is 0.254 e. The zero-order valence-electron chi connectivity index (χ0n) is 14.6. The third-order valence-corrected chi connectivity index (χ3v) is 5.21. The normalized spacial score (nSPS) is 22.3. The molecule has 1 aliphatic heterocycles. The molecule has 5 heteroatoms. The van der Waals surface area contributed by atoms with Gasteiger partial charge in [0.05, 0.1) is 0 Å². The van der Waals surface area contributed by atoms with Gasteiger partial charge in [-0.15, -0.1) is 0 Å². The summed E-state index contributed by atoms with van der Waals surface area (Å²) in [5, 5.41) is 2.90. The van der Waals surface area contributed by atoms with Crippen molar-refractivity contribution < 1.29 is 9.59 Å². The molecule has 134 valence electrons. The maximum absolute atomic E-state index is 12.9. The van der Waals surface area contributed by atoms with E-state index in [0.717, 1.165) is 12.8 Å². The average Bonchev–Trinajstić information content (AvgIpc) is 3.44. The summed E-state index contributed by atoms with van der Waals surface area (Å²) in [7, 11) is 0. The molecule has 0 unspecified atom stereocenters. The molecule has 1 saturated carbocycles. The van der Waals surface area contributed by atoms with Gasteiger partial charge in [0.25, 0.3) is 5.91 Å². The van der Waals surface area contributed by atoms with Crippen molar-refractivity contribution in [1.29, 1.82) is 0 Å². The monoisotopic (exact) mass is 349 g/mol. The zero-order chi connectivity index (χ0) is 18.1. The Kier molecular flexibility index (Phi) is 4.47. The van der Waals surface area contributed by atoms with Crippen LogP contribution < -0.4 is 11.1 Å². The smallest absolute Gasteiger partial charge is 0.254 e. The lowest BCUT2D eigenvalue weighted by Gasteiger charge is -2.17. The molecule has 2 aromatic carbocycles. The number of carbonyl (C=O) groups is 2. The first-order valence-electron chi connectivity index (χ1n) is 9.12. The van der Waals surface area contributed by atoms with E-state index in [2.05, 4.69) is 17.4 Å². The fourth-order valence-electron chi connectivity index (χ4n) is 3.55. The fourth-order valence-corrected chi connectivity index (χ4v) is 3.55. The second kappa shape index (κ2) is 6.92. The van der Waals surface area contributed by atoms with Crippen molar-refractivity contribution >= 4 is 17.5 Å². The number of likely N-dealkylation sites (tertiary alicyclic amines) is 1. The van der Waals surface area contributed by atoms with Gasteiger partial charge in [0.2, 0.25) is 5.91 Å². The molecule has 2 aromatic rings. The van der Waals surface area contributed by atoms with E-state index in [4.69, 9.17) is 5.73 Å². The number of hydrogen-bond donors (Lipinski definition) is 2. The summed E-state index contributed by atoms with van der Waals surface area (Å²) in [6.45, 7) is 1.15. The van der Waals surface area contributed by atoms with Crippen molar-refractivity contribution in [2.75, 3.05) is 18.4 Å². The Bertz CT molecular complexity index is 817. The third kappa shape index (κ3) is 3.48. The Morgan fingerprint density at radius 2 is 1.77 bits per heavy atom. The number of nitrogens with one attached hydrogen (secondary N) is 1. The Hall–Kier alpha value is -2.66. The van der Waals surface area contributed by atoms with Gasteiger partial charge >= 0.3 is 0 Å². The number of nitrogens with two attached hydrogens (primary N) is 1. The number of amides is 2. The predicted octanol–water partition coefficient (Wildman–Crippen LogP) is 2.60. The molecule has 2 fully saturated rings. The van der Waals surface area contributed by atoms with Crippen LogP contribution >= 0.6 is 0 Å². The van der Waals surface area contributed by atoms with Crippen LogP contribution in [0.3, 0.4) is 0 Å². The third-order valence-electron chi connectivity index (χ3n) is 5.21. The summed E-state index contributed by atoms with van der Waals surface area (Å²) in [5.74, 6) is 0.291. The molecule has 2 atom stereocenters. The lowest BCUT2D eigenvalue weighted by Crippen LogP contribution is -2.32.